The van der Waals surface area contributed by atoms with E-state index >= 15 is 0 Å². The molecule has 1 N–H and O–H groups in total. The van der Waals surface area contributed by atoms with Crippen LogP contribution in [0.15, 0.2) is 54.6 Å². The summed E-state index contributed by atoms with van der Waals surface area (Å²) in [4.78, 5) is 11.4. The molecule has 1 aliphatic carbocycles. The Balaban J connectivity index is 2.02. The van der Waals surface area contributed by atoms with Crippen LogP contribution in [0.25, 0.3) is 6.08 Å². The van der Waals surface area contributed by atoms with Gasteiger partial charge in [-0.2, -0.15) is 0 Å². The minimum Gasteiger partial charge on any atom is -0.465 e. The van der Waals surface area contributed by atoms with Gasteiger partial charge in [-0.15, -0.1) is 0 Å². The Morgan fingerprint density at radius 2 is 1.80 bits per heavy atom. The standard InChI is InChI=1S/C17H14O3/c1-20-16(18)13-6-8-14(9-7-13)17(19)11-10-12-4-2-3-5-15(12)17/h2-11,19H,1H3. The monoisotopic (exact) mass is 266 g/mol. The average Bonchev–Trinajstić information content (AvgIpc) is 2.86. The first kappa shape index (κ1) is 12.6. The number of benzene rings is 2. The normalized spacial score (nSPS) is 19.7. The molecule has 0 saturated heterocycles. The maximum absolute atomic E-state index is 11.4. The number of ether oxygens (including phenoxy) is 1. The molecule has 3 rings (SSSR count). The van der Waals surface area contributed by atoms with Gasteiger partial charge in [0.2, 0.25) is 0 Å². The van der Waals surface area contributed by atoms with Crippen LogP contribution in [0.3, 0.4) is 0 Å². The Hall–Kier alpha value is -2.39. The molecule has 0 radical (unpaired) electrons. The highest BCUT2D eigenvalue weighted by Crippen LogP contribution is 2.39. The Labute approximate surface area is 117 Å². The lowest BCUT2D eigenvalue weighted by Gasteiger charge is -2.23. The molecule has 20 heavy (non-hydrogen) atoms. The highest BCUT2D eigenvalue weighted by molar-refractivity contribution is 5.89. The van der Waals surface area contributed by atoms with Crippen molar-refractivity contribution in [2.24, 2.45) is 0 Å². The molecule has 3 nitrogen and oxygen atoms in total. The van der Waals surface area contributed by atoms with E-state index in [-0.39, 0.29) is 5.97 Å². The van der Waals surface area contributed by atoms with E-state index in [2.05, 4.69) is 4.74 Å². The lowest BCUT2D eigenvalue weighted by molar-refractivity contribution is 0.0600. The fourth-order valence-electron chi connectivity index (χ4n) is 2.52. The van der Waals surface area contributed by atoms with E-state index in [1.165, 1.54) is 7.11 Å². The topological polar surface area (TPSA) is 46.5 Å². The second-order valence-electron chi connectivity index (χ2n) is 4.76. The summed E-state index contributed by atoms with van der Waals surface area (Å²) in [6.07, 6.45) is 3.67. The molecule has 0 spiro atoms. The molecule has 100 valence electrons. The van der Waals surface area contributed by atoms with E-state index < -0.39 is 5.60 Å². The zero-order chi connectivity index (χ0) is 14.2. The van der Waals surface area contributed by atoms with Crippen LogP contribution in [0, 0.1) is 0 Å². The summed E-state index contributed by atoms with van der Waals surface area (Å²) in [5, 5.41) is 10.9. The molecule has 1 unspecified atom stereocenters. The predicted molar refractivity (Wildman–Crippen MR) is 76.3 cm³/mol. The number of fused-ring (bicyclic) bond motifs is 1. The number of methoxy groups -OCH3 is 1. The summed E-state index contributed by atoms with van der Waals surface area (Å²) in [6.45, 7) is 0. The van der Waals surface area contributed by atoms with Crippen LogP contribution in [0.5, 0.6) is 0 Å². The summed E-state index contributed by atoms with van der Waals surface area (Å²) in [7, 11) is 1.35. The molecule has 2 aromatic carbocycles. The average molecular weight is 266 g/mol. The minimum atomic E-state index is -1.13. The number of aliphatic hydroxyl groups is 1. The molecule has 0 bridgehead atoms. The molecule has 0 heterocycles. The van der Waals surface area contributed by atoms with Gasteiger partial charge in [0, 0.05) is 0 Å². The molecule has 0 saturated carbocycles. The summed E-state index contributed by atoms with van der Waals surface area (Å²) in [6, 6.07) is 14.5. The number of rotatable bonds is 2. The molecular weight excluding hydrogens is 252 g/mol. The number of carbonyl (C=O) groups is 1. The minimum absolute atomic E-state index is 0.383. The summed E-state index contributed by atoms with van der Waals surface area (Å²) in [5.41, 5.74) is 1.92. The lowest BCUT2D eigenvalue weighted by Crippen LogP contribution is -2.22. The Morgan fingerprint density at radius 1 is 1.10 bits per heavy atom. The quantitative estimate of drug-likeness (QED) is 0.850. The number of hydrogen-bond acceptors (Lipinski definition) is 3. The van der Waals surface area contributed by atoms with Crippen LogP contribution in [0.2, 0.25) is 0 Å². The van der Waals surface area contributed by atoms with E-state index in [0.29, 0.717) is 5.56 Å². The molecule has 1 atom stereocenters. The van der Waals surface area contributed by atoms with Gasteiger partial charge in [0.05, 0.1) is 12.7 Å². The third-order valence-corrected chi connectivity index (χ3v) is 3.62. The molecule has 0 aromatic heterocycles. The first-order valence-electron chi connectivity index (χ1n) is 6.35. The van der Waals surface area contributed by atoms with Crippen LogP contribution in [0.4, 0.5) is 0 Å². The van der Waals surface area contributed by atoms with Crippen molar-refractivity contribution in [1.29, 1.82) is 0 Å². The van der Waals surface area contributed by atoms with E-state index in [1.807, 2.05) is 30.3 Å². The molecule has 1 aliphatic rings. The van der Waals surface area contributed by atoms with Gasteiger partial charge >= 0.3 is 5.97 Å². The zero-order valence-corrected chi connectivity index (χ0v) is 11.0. The fourth-order valence-corrected chi connectivity index (χ4v) is 2.52. The Kier molecular flexibility index (Phi) is 2.92. The highest BCUT2D eigenvalue weighted by Gasteiger charge is 2.33. The molecule has 0 aliphatic heterocycles. The van der Waals surface area contributed by atoms with Gasteiger partial charge in [0.15, 0.2) is 0 Å². The maximum Gasteiger partial charge on any atom is 0.337 e. The van der Waals surface area contributed by atoms with Crippen LogP contribution >= 0.6 is 0 Å². The van der Waals surface area contributed by atoms with Crippen molar-refractivity contribution in [3.8, 4) is 0 Å². The third kappa shape index (κ3) is 1.84. The van der Waals surface area contributed by atoms with E-state index in [4.69, 9.17) is 0 Å². The van der Waals surface area contributed by atoms with Crippen LogP contribution in [-0.4, -0.2) is 18.2 Å². The zero-order valence-electron chi connectivity index (χ0n) is 11.0. The molecule has 3 heteroatoms. The Morgan fingerprint density at radius 3 is 2.50 bits per heavy atom. The van der Waals surface area contributed by atoms with Crippen molar-refractivity contribution in [3.63, 3.8) is 0 Å². The van der Waals surface area contributed by atoms with Crippen molar-refractivity contribution in [2.75, 3.05) is 7.11 Å². The van der Waals surface area contributed by atoms with Gasteiger partial charge in [-0.25, -0.2) is 4.79 Å². The second kappa shape index (κ2) is 4.62. The first-order valence-corrected chi connectivity index (χ1v) is 6.35. The lowest BCUT2D eigenvalue weighted by atomic mass is 9.88. The van der Waals surface area contributed by atoms with Crippen LogP contribution in [0.1, 0.15) is 27.0 Å². The van der Waals surface area contributed by atoms with Gasteiger partial charge in [-0.1, -0.05) is 42.5 Å². The smallest absolute Gasteiger partial charge is 0.337 e. The van der Waals surface area contributed by atoms with Crippen molar-refractivity contribution < 1.29 is 14.6 Å². The van der Waals surface area contributed by atoms with Crippen LogP contribution < -0.4 is 0 Å². The SMILES string of the molecule is COC(=O)c1ccc(C2(O)C=Cc3ccccc32)cc1. The van der Waals surface area contributed by atoms with Crippen molar-refractivity contribution in [3.05, 3.63) is 76.9 Å². The van der Waals surface area contributed by atoms with Gasteiger partial charge in [0.1, 0.15) is 5.60 Å². The van der Waals surface area contributed by atoms with Gasteiger partial charge in [-0.05, 0) is 34.9 Å². The fraction of sp³-hybridized carbons (Fsp3) is 0.118. The van der Waals surface area contributed by atoms with E-state index in [1.54, 1.807) is 30.3 Å². The first-order chi connectivity index (χ1) is 9.65. The highest BCUT2D eigenvalue weighted by atomic mass is 16.5. The predicted octanol–water partition coefficient (Wildman–Crippen LogP) is 2.74. The molecule has 0 amide bonds. The maximum atomic E-state index is 11.4. The summed E-state index contributed by atoms with van der Waals surface area (Å²) in [5.74, 6) is -0.383. The van der Waals surface area contributed by atoms with E-state index in [0.717, 1.165) is 16.7 Å². The van der Waals surface area contributed by atoms with Gasteiger partial charge < -0.3 is 9.84 Å². The number of hydrogen-bond donors (Lipinski definition) is 1. The third-order valence-electron chi connectivity index (χ3n) is 3.62. The van der Waals surface area contributed by atoms with Crippen molar-refractivity contribution >= 4 is 12.0 Å². The number of esters is 1. The van der Waals surface area contributed by atoms with Crippen molar-refractivity contribution in [2.45, 2.75) is 5.60 Å². The van der Waals surface area contributed by atoms with Gasteiger partial charge in [0.25, 0.3) is 0 Å². The molecule has 0 fully saturated rings. The van der Waals surface area contributed by atoms with E-state index in [9.17, 15) is 9.90 Å². The van der Waals surface area contributed by atoms with Crippen molar-refractivity contribution in [1.82, 2.24) is 0 Å². The molecule has 2 aromatic rings. The van der Waals surface area contributed by atoms with Gasteiger partial charge in [-0.3, -0.25) is 0 Å². The number of carbonyl (C=O) groups excluding carboxylic acids is 1. The second-order valence-corrected chi connectivity index (χ2v) is 4.76. The molecular formula is C17H14O3. The summed E-state index contributed by atoms with van der Waals surface area (Å²) >= 11 is 0. The largest absolute Gasteiger partial charge is 0.465 e. The summed E-state index contributed by atoms with van der Waals surface area (Å²) < 4.78 is 4.67. The van der Waals surface area contributed by atoms with Crippen LogP contribution in [-0.2, 0) is 10.3 Å². The Bertz CT molecular complexity index is 686.